The van der Waals surface area contributed by atoms with E-state index in [2.05, 4.69) is 4.98 Å². The Hall–Kier alpha value is -3.73. The lowest BCUT2D eigenvalue weighted by Crippen LogP contribution is -2.36. The smallest absolute Gasteiger partial charge is 0.268 e. The zero-order valence-electron chi connectivity index (χ0n) is 17.1. The van der Waals surface area contributed by atoms with Crippen LogP contribution in [0.2, 0.25) is 0 Å². The van der Waals surface area contributed by atoms with Crippen molar-refractivity contribution >= 4 is 33.9 Å². The van der Waals surface area contributed by atoms with Crippen molar-refractivity contribution in [2.24, 2.45) is 0 Å². The summed E-state index contributed by atoms with van der Waals surface area (Å²) in [5, 5.41) is 9.67. The Morgan fingerprint density at radius 3 is 2.75 bits per heavy atom. The number of halogens is 2. The normalized spacial score (nSPS) is 19.7. The first kappa shape index (κ1) is 21.5. The van der Waals surface area contributed by atoms with Crippen molar-refractivity contribution in [3.8, 4) is 6.07 Å². The number of likely N-dealkylation sites (tertiary alicyclic amines) is 1. The average molecular weight is 435 g/mol. The van der Waals surface area contributed by atoms with Crippen molar-refractivity contribution in [1.29, 1.82) is 5.26 Å². The summed E-state index contributed by atoms with van der Waals surface area (Å²) in [7, 11) is 0. The lowest BCUT2D eigenvalue weighted by molar-refractivity contribution is -0.132. The molecule has 1 atom stereocenters. The number of ketones is 2. The van der Waals surface area contributed by atoms with Gasteiger partial charge in [0.2, 0.25) is 5.91 Å². The summed E-state index contributed by atoms with van der Waals surface area (Å²) < 4.78 is 27.2. The maximum Gasteiger partial charge on any atom is 0.268 e. The number of nitrogens with zero attached hydrogens (tertiary/aromatic N) is 3. The SMILES string of the molecule is N#C[C@@H]1CC(F)(F)CN1C(=O)CCC(=O)c1ccnc2ccc(C3=CCC(=O)C=C3)cc12. The monoisotopic (exact) mass is 435 g/mol. The van der Waals surface area contributed by atoms with Gasteiger partial charge < -0.3 is 4.90 Å². The lowest BCUT2D eigenvalue weighted by atomic mass is 9.95. The van der Waals surface area contributed by atoms with E-state index in [1.165, 1.54) is 12.3 Å². The Morgan fingerprint density at radius 2 is 2.03 bits per heavy atom. The molecule has 1 aliphatic carbocycles. The van der Waals surface area contributed by atoms with Crippen LogP contribution in [0, 0.1) is 11.3 Å². The summed E-state index contributed by atoms with van der Waals surface area (Å²) in [6.45, 7) is -0.801. The molecule has 0 radical (unpaired) electrons. The number of Topliss-reactive ketones (excluding diaryl/α,β-unsaturated/α-hetero) is 1. The zero-order valence-corrected chi connectivity index (χ0v) is 17.1. The van der Waals surface area contributed by atoms with Gasteiger partial charge >= 0.3 is 0 Å². The Kier molecular flexibility index (Phi) is 5.66. The molecule has 2 aromatic rings. The van der Waals surface area contributed by atoms with Crippen molar-refractivity contribution in [2.75, 3.05) is 6.54 Å². The van der Waals surface area contributed by atoms with Crippen LogP contribution in [0.15, 0.2) is 48.7 Å². The number of benzene rings is 1. The molecule has 1 aromatic carbocycles. The second-order valence-electron chi connectivity index (χ2n) is 7.90. The quantitative estimate of drug-likeness (QED) is 0.665. The number of nitriles is 1. The van der Waals surface area contributed by atoms with E-state index in [4.69, 9.17) is 5.26 Å². The van der Waals surface area contributed by atoms with Gasteiger partial charge in [0.25, 0.3) is 5.92 Å². The van der Waals surface area contributed by atoms with Gasteiger partial charge in [-0.15, -0.1) is 0 Å². The summed E-state index contributed by atoms with van der Waals surface area (Å²) in [6.07, 6.45) is 5.75. The van der Waals surface area contributed by atoms with Crippen LogP contribution in [0.5, 0.6) is 0 Å². The third-order valence-electron chi connectivity index (χ3n) is 5.65. The molecular weight excluding hydrogens is 416 g/mol. The third kappa shape index (κ3) is 4.33. The highest BCUT2D eigenvalue weighted by Gasteiger charge is 2.47. The summed E-state index contributed by atoms with van der Waals surface area (Å²) in [6, 6.07) is 7.57. The fourth-order valence-electron chi connectivity index (χ4n) is 4.01. The Balaban J connectivity index is 1.53. The molecule has 0 saturated carbocycles. The van der Waals surface area contributed by atoms with Crippen LogP contribution in [0.4, 0.5) is 8.78 Å². The molecule has 4 rings (SSSR count). The second kappa shape index (κ2) is 8.42. The van der Waals surface area contributed by atoms with E-state index in [9.17, 15) is 23.2 Å². The highest BCUT2D eigenvalue weighted by molar-refractivity contribution is 6.09. The molecular formula is C24H19F2N3O3. The number of hydrogen-bond acceptors (Lipinski definition) is 5. The molecule has 0 N–H and O–H groups in total. The predicted molar refractivity (Wildman–Crippen MR) is 113 cm³/mol. The van der Waals surface area contributed by atoms with E-state index >= 15 is 0 Å². The van der Waals surface area contributed by atoms with Gasteiger partial charge in [-0.1, -0.05) is 18.2 Å². The van der Waals surface area contributed by atoms with Gasteiger partial charge in [0.15, 0.2) is 11.6 Å². The van der Waals surface area contributed by atoms with Crippen LogP contribution < -0.4 is 0 Å². The number of hydrogen-bond donors (Lipinski definition) is 0. The summed E-state index contributed by atoms with van der Waals surface area (Å²) in [5.74, 6) is -4.02. The topological polar surface area (TPSA) is 91.1 Å². The van der Waals surface area contributed by atoms with Gasteiger partial charge in [0, 0.05) is 42.8 Å². The van der Waals surface area contributed by atoms with Crippen LogP contribution in [-0.2, 0) is 9.59 Å². The van der Waals surface area contributed by atoms with Gasteiger partial charge in [-0.25, -0.2) is 8.78 Å². The van der Waals surface area contributed by atoms with Gasteiger partial charge in [0.05, 0.1) is 18.1 Å². The molecule has 1 amide bonds. The molecule has 2 heterocycles. The van der Waals surface area contributed by atoms with Crippen molar-refractivity contribution in [3.63, 3.8) is 0 Å². The first-order valence-corrected chi connectivity index (χ1v) is 10.2. The van der Waals surface area contributed by atoms with Gasteiger partial charge in [0.1, 0.15) is 6.04 Å². The third-order valence-corrected chi connectivity index (χ3v) is 5.65. The molecule has 2 aliphatic rings. The van der Waals surface area contributed by atoms with Crippen molar-refractivity contribution < 1.29 is 23.2 Å². The van der Waals surface area contributed by atoms with Crippen LogP contribution in [0.3, 0.4) is 0 Å². The minimum Gasteiger partial charge on any atom is -0.320 e. The number of pyridine rings is 1. The lowest BCUT2D eigenvalue weighted by Gasteiger charge is -2.18. The number of amides is 1. The summed E-state index contributed by atoms with van der Waals surface area (Å²) >= 11 is 0. The fraction of sp³-hybridized carbons (Fsp3) is 0.292. The molecule has 1 aromatic heterocycles. The number of allylic oxidation sites excluding steroid dienone is 4. The standard InChI is InChI=1S/C24H19F2N3O3/c25-24(26)12-17(13-27)29(14-24)23(32)8-7-22(31)19-9-10-28-21-6-3-16(11-20(19)21)15-1-4-18(30)5-2-15/h1-4,6,9-11,17H,5,7-8,12,14H2/t17-/m0/s1. The van der Waals surface area contributed by atoms with E-state index < -0.39 is 30.8 Å². The van der Waals surface area contributed by atoms with Crippen molar-refractivity contribution in [2.45, 2.75) is 37.6 Å². The molecule has 8 heteroatoms. The molecule has 6 nitrogen and oxygen atoms in total. The van der Waals surface area contributed by atoms with E-state index in [0.29, 0.717) is 22.9 Å². The van der Waals surface area contributed by atoms with Crippen LogP contribution >= 0.6 is 0 Å². The molecule has 32 heavy (non-hydrogen) atoms. The molecule has 1 saturated heterocycles. The van der Waals surface area contributed by atoms with Gasteiger partial charge in [-0.05, 0) is 35.4 Å². The van der Waals surface area contributed by atoms with E-state index in [-0.39, 0.29) is 24.4 Å². The van der Waals surface area contributed by atoms with Crippen LogP contribution in [0.25, 0.3) is 16.5 Å². The fourth-order valence-corrected chi connectivity index (χ4v) is 4.01. The molecule has 1 fully saturated rings. The van der Waals surface area contributed by atoms with Gasteiger partial charge in [-0.2, -0.15) is 5.26 Å². The van der Waals surface area contributed by atoms with E-state index in [1.807, 2.05) is 18.2 Å². The van der Waals surface area contributed by atoms with Crippen LogP contribution in [0.1, 0.15) is 41.6 Å². The zero-order chi connectivity index (χ0) is 22.9. The Bertz CT molecular complexity index is 1230. The first-order valence-electron chi connectivity index (χ1n) is 10.2. The Labute approximate surface area is 182 Å². The number of carbonyl (C=O) groups is 3. The number of alkyl halides is 2. The minimum atomic E-state index is -3.09. The van der Waals surface area contributed by atoms with E-state index in [1.54, 1.807) is 24.3 Å². The molecule has 0 spiro atoms. The maximum atomic E-state index is 13.6. The average Bonchev–Trinajstić information content (AvgIpc) is 3.11. The molecule has 0 unspecified atom stereocenters. The number of rotatable bonds is 5. The molecule has 0 bridgehead atoms. The largest absolute Gasteiger partial charge is 0.320 e. The van der Waals surface area contributed by atoms with Crippen LogP contribution in [-0.4, -0.2) is 45.9 Å². The highest BCUT2D eigenvalue weighted by atomic mass is 19.3. The van der Waals surface area contributed by atoms with Gasteiger partial charge in [-0.3, -0.25) is 19.4 Å². The molecule has 162 valence electrons. The summed E-state index contributed by atoms with van der Waals surface area (Å²) in [4.78, 5) is 41.9. The van der Waals surface area contributed by atoms with Crippen molar-refractivity contribution in [3.05, 3.63) is 59.8 Å². The Morgan fingerprint density at radius 1 is 1.22 bits per heavy atom. The summed E-state index contributed by atoms with van der Waals surface area (Å²) in [5.41, 5.74) is 2.67. The highest BCUT2D eigenvalue weighted by Crippen LogP contribution is 2.32. The number of aromatic nitrogens is 1. The molecule has 1 aliphatic heterocycles. The number of carbonyl (C=O) groups excluding carboxylic acids is 3. The maximum absolute atomic E-state index is 13.6. The van der Waals surface area contributed by atoms with E-state index in [0.717, 1.165) is 16.0 Å². The minimum absolute atomic E-state index is 0.0196. The predicted octanol–water partition coefficient (Wildman–Crippen LogP) is 3.87. The second-order valence-corrected chi connectivity index (χ2v) is 7.90. The van der Waals surface area contributed by atoms with Crippen molar-refractivity contribution in [1.82, 2.24) is 9.88 Å². The first-order chi connectivity index (χ1) is 15.3. The number of fused-ring (bicyclic) bond motifs is 1.